The number of methoxy groups -OCH3 is 1. The fourth-order valence-electron chi connectivity index (χ4n) is 1.02. The molecule has 5 heteroatoms. The lowest BCUT2D eigenvalue weighted by Crippen LogP contribution is -2.23. The van der Waals surface area contributed by atoms with Gasteiger partial charge in [0.15, 0.2) is 0 Å². The van der Waals surface area contributed by atoms with Gasteiger partial charge in [-0.15, -0.1) is 0 Å². The van der Waals surface area contributed by atoms with E-state index in [1.807, 2.05) is 6.92 Å². The molecule has 0 radical (unpaired) electrons. The standard InChI is InChI=1S/C10H12N2O3.H2/c1-3-11-9(13)8-5-4-7(6-12-8)10(14)15-2;/h4-6H,3H2,1-2H3,(H,11,13);1H. The number of nitrogens with one attached hydrogen (secondary N) is 1. The molecule has 0 aliphatic rings. The lowest BCUT2D eigenvalue weighted by molar-refractivity contribution is 0.0599. The fraction of sp³-hybridized carbons (Fsp3) is 0.300. The monoisotopic (exact) mass is 210 g/mol. The predicted octanol–water partition coefficient (Wildman–Crippen LogP) is 0.864. The molecule has 1 rings (SSSR count). The van der Waals surface area contributed by atoms with E-state index in [1.165, 1.54) is 25.4 Å². The van der Waals surface area contributed by atoms with Gasteiger partial charge in [0.25, 0.3) is 5.91 Å². The van der Waals surface area contributed by atoms with Crippen LogP contribution in [0.2, 0.25) is 0 Å². The molecule has 0 aliphatic heterocycles. The van der Waals surface area contributed by atoms with E-state index in [0.717, 1.165) is 0 Å². The highest BCUT2D eigenvalue weighted by molar-refractivity contribution is 5.94. The molecule has 1 aromatic rings. The number of hydrogen-bond acceptors (Lipinski definition) is 4. The number of carbonyl (C=O) groups excluding carboxylic acids is 2. The maximum absolute atomic E-state index is 11.3. The molecule has 15 heavy (non-hydrogen) atoms. The first-order valence-electron chi connectivity index (χ1n) is 4.51. The van der Waals surface area contributed by atoms with Gasteiger partial charge in [-0.25, -0.2) is 4.79 Å². The van der Waals surface area contributed by atoms with Gasteiger partial charge in [-0.3, -0.25) is 9.78 Å². The Hall–Kier alpha value is -1.91. The molecule has 0 saturated heterocycles. The second-order valence-corrected chi connectivity index (χ2v) is 2.78. The van der Waals surface area contributed by atoms with Crippen molar-refractivity contribution in [1.29, 1.82) is 0 Å². The highest BCUT2D eigenvalue weighted by Gasteiger charge is 2.08. The Morgan fingerprint density at radius 3 is 2.73 bits per heavy atom. The Kier molecular flexibility index (Phi) is 3.79. The third kappa shape index (κ3) is 2.77. The Balaban J connectivity index is 0.00000225. The minimum absolute atomic E-state index is 0. The Morgan fingerprint density at radius 1 is 1.53 bits per heavy atom. The average molecular weight is 210 g/mol. The zero-order valence-electron chi connectivity index (χ0n) is 8.61. The van der Waals surface area contributed by atoms with Gasteiger partial charge in [0, 0.05) is 14.2 Å². The maximum atomic E-state index is 11.3. The van der Waals surface area contributed by atoms with Crippen molar-refractivity contribution in [2.45, 2.75) is 6.92 Å². The normalized spacial score (nSPS) is 9.47. The quantitative estimate of drug-likeness (QED) is 0.751. The molecule has 0 bridgehead atoms. The van der Waals surface area contributed by atoms with Gasteiger partial charge in [-0.05, 0) is 19.1 Å². The fourth-order valence-corrected chi connectivity index (χ4v) is 1.02. The van der Waals surface area contributed by atoms with Gasteiger partial charge < -0.3 is 10.1 Å². The number of ether oxygens (including phenoxy) is 1. The minimum atomic E-state index is -0.468. The number of nitrogens with zero attached hydrogens (tertiary/aromatic N) is 1. The number of carbonyl (C=O) groups is 2. The van der Waals surface area contributed by atoms with E-state index in [-0.39, 0.29) is 13.0 Å². The van der Waals surface area contributed by atoms with E-state index in [9.17, 15) is 9.59 Å². The summed E-state index contributed by atoms with van der Waals surface area (Å²) in [6.07, 6.45) is 1.32. The molecule has 0 aromatic carbocycles. The van der Waals surface area contributed by atoms with E-state index < -0.39 is 5.97 Å². The molecule has 1 amide bonds. The summed E-state index contributed by atoms with van der Waals surface area (Å²) < 4.78 is 4.50. The minimum Gasteiger partial charge on any atom is -0.465 e. The number of amides is 1. The van der Waals surface area contributed by atoms with Crippen LogP contribution in [0.25, 0.3) is 0 Å². The van der Waals surface area contributed by atoms with E-state index in [4.69, 9.17) is 0 Å². The zero-order valence-corrected chi connectivity index (χ0v) is 8.61. The maximum Gasteiger partial charge on any atom is 0.339 e. The number of pyridine rings is 1. The lowest BCUT2D eigenvalue weighted by atomic mass is 10.2. The smallest absolute Gasteiger partial charge is 0.339 e. The van der Waals surface area contributed by atoms with Crippen LogP contribution in [0.4, 0.5) is 0 Å². The van der Waals surface area contributed by atoms with Crippen molar-refractivity contribution >= 4 is 11.9 Å². The van der Waals surface area contributed by atoms with Gasteiger partial charge in [0.05, 0.1) is 12.7 Å². The van der Waals surface area contributed by atoms with E-state index in [2.05, 4.69) is 15.0 Å². The molecule has 1 heterocycles. The Labute approximate surface area is 88.9 Å². The first kappa shape index (κ1) is 11.2. The van der Waals surface area contributed by atoms with Crippen LogP contribution < -0.4 is 5.32 Å². The zero-order chi connectivity index (χ0) is 11.3. The third-order valence-corrected chi connectivity index (χ3v) is 1.75. The molecule has 1 aromatic heterocycles. The highest BCUT2D eigenvalue weighted by Crippen LogP contribution is 2.01. The lowest BCUT2D eigenvalue weighted by Gasteiger charge is -2.02. The van der Waals surface area contributed by atoms with Crippen molar-refractivity contribution in [3.63, 3.8) is 0 Å². The van der Waals surface area contributed by atoms with Crippen molar-refractivity contribution in [2.75, 3.05) is 13.7 Å². The molecular formula is C10H14N2O3. The van der Waals surface area contributed by atoms with Crippen LogP contribution in [0, 0.1) is 0 Å². The molecule has 0 fully saturated rings. The first-order valence-corrected chi connectivity index (χ1v) is 4.51. The third-order valence-electron chi connectivity index (χ3n) is 1.75. The van der Waals surface area contributed by atoms with Crippen LogP contribution in [-0.2, 0) is 4.74 Å². The molecule has 0 saturated carbocycles. The summed E-state index contributed by atoms with van der Waals surface area (Å²) in [6.45, 7) is 2.36. The van der Waals surface area contributed by atoms with Crippen molar-refractivity contribution in [2.24, 2.45) is 0 Å². The van der Waals surface area contributed by atoms with Crippen molar-refractivity contribution in [3.8, 4) is 0 Å². The number of rotatable bonds is 3. The summed E-state index contributed by atoms with van der Waals surface area (Å²) in [4.78, 5) is 26.2. The second-order valence-electron chi connectivity index (χ2n) is 2.78. The van der Waals surface area contributed by atoms with Crippen LogP contribution in [0.15, 0.2) is 18.3 Å². The Morgan fingerprint density at radius 2 is 2.27 bits per heavy atom. The van der Waals surface area contributed by atoms with Crippen LogP contribution in [0.1, 0.15) is 29.2 Å². The van der Waals surface area contributed by atoms with Gasteiger partial charge in [0.2, 0.25) is 0 Å². The molecule has 82 valence electrons. The largest absolute Gasteiger partial charge is 0.465 e. The molecule has 1 N–H and O–H groups in total. The summed E-state index contributed by atoms with van der Waals surface area (Å²) in [5.41, 5.74) is 0.607. The molecule has 5 nitrogen and oxygen atoms in total. The summed E-state index contributed by atoms with van der Waals surface area (Å²) in [6, 6.07) is 2.99. The van der Waals surface area contributed by atoms with Gasteiger partial charge in [-0.2, -0.15) is 0 Å². The van der Waals surface area contributed by atoms with Crippen LogP contribution in [-0.4, -0.2) is 30.5 Å². The average Bonchev–Trinajstić information content (AvgIpc) is 2.28. The van der Waals surface area contributed by atoms with Crippen LogP contribution in [0.3, 0.4) is 0 Å². The summed E-state index contributed by atoms with van der Waals surface area (Å²) in [5.74, 6) is -0.723. The second kappa shape index (κ2) is 5.09. The summed E-state index contributed by atoms with van der Waals surface area (Å²) in [5, 5.41) is 2.61. The van der Waals surface area contributed by atoms with Crippen molar-refractivity contribution in [3.05, 3.63) is 29.6 Å². The summed E-state index contributed by atoms with van der Waals surface area (Å²) in [7, 11) is 1.29. The molecule has 0 aliphatic carbocycles. The topological polar surface area (TPSA) is 68.3 Å². The van der Waals surface area contributed by atoms with Gasteiger partial charge in [-0.1, -0.05) is 0 Å². The van der Waals surface area contributed by atoms with E-state index >= 15 is 0 Å². The van der Waals surface area contributed by atoms with Crippen molar-refractivity contribution < 1.29 is 15.8 Å². The predicted molar refractivity (Wildman–Crippen MR) is 55.7 cm³/mol. The molecular weight excluding hydrogens is 196 g/mol. The van der Waals surface area contributed by atoms with E-state index in [0.29, 0.717) is 12.1 Å². The molecule has 0 atom stereocenters. The number of aromatic nitrogens is 1. The van der Waals surface area contributed by atoms with E-state index in [1.54, 1.807) is 0 Å². The number of hydrogen-bond donors (Lipinski definition) is 1. The highest BCUT2D eigenvalue weighted by atomic mass is 16.5. The van der Waals surface area contributed by atoms with Crippen LogP contribution in [0.5, 0.6) is 0 Å². The SMILES string of the molecule is CCNC(=O)c1ccc(C(=O)OC)cn1.[HH]. The van der Waals surface area contributed by atoms with Crippen LogP contribution >= 0.6 is 0 Å². The first-order chi connectivity index (χ1) is 7.19. The molecule has 0 unspecified atom stereocenters. The number of esters is 1. The van der Waals surface area contributed by atoms with Gasteiger partial charge >= 0.3 is 5.97 Å². The molecule has 0 spiro atoms. The Bertz CT molecular complexity index is 365. The van der Waals surface area contributed by atoms with Gasteiger partial charge in [0.1, 0.15) is 5.69 Å². The summed E-state index contributed by atoms with van der Waals surface area (Å²) >= 11 is 0. The van der Waals surface area contributed by atoms with Crippen molar-refractivity contribution in [1.82, 2.24) is 10.3 Å².